The van der Waals surface area contributed by atoms with Crippen LogP contribution in [-0.4, -0.2) is 17.1 Å². The number of hydrogen-bond donors (Lipinski definition) is 3. The summed E-state index contributed by atoms with van der Waals surface area (Å²) in [5.74, 6) is -0.469. The lowest BCUT2D eigenvalue weighted by Gasteiger charge is -2.21. The Morgan fingerprint density at radius 3 is 2.65 bits per heavy atom. The van der Waals surface area contributed by atoms with Gasteiger partial charge in [-0.25, -0.2) is 4.79 Å². The van der Waals surface area contributed by atoms with Gasteiger partial charge >= 0.3 is 5.97 Å². The third-order valence-electron chi connectivity index (χ3n) is 3.18. The average molecular weight is 236 g/mol. The van der Waals surface area contributed by atoms with Gasteiger partial charge in [-0.05, 0) is 31.0 Å². The number of aromatic carboxylic acids is 1. The summed E-state index contributed by atoms with van der Waals surface area (Å²) in [6.45, 7) is 6.38. The number of carboxylic acids is 1. The quantitative estimate of drug-likeness (QED) is 0.687. The molecule has 0 heterocycles. The van der Waals surface area contributed by atoms with Crippen molar-refractivity contribution in [2.45, 2.75) is 33.2 Å². The highest BCUT2D eigenvalue weighted by Crippen LogP contribution is 2.20. The Labute approximate surface area is 102 Å². The van der Waals surface area contributed by atoms with Gasteiger partial charge in [0.25, 0.3) is 0 Å². The molecular formula is C13H20N2O2. The Morgan fingerprint density at radius 2 is 2.12 bits per heavy atom. The monoisotopic (exact) mass is 236 g/mol. The molecule has 2 atom stereocenters. The van der Waals surface area contributed by atoms with Crippen molar-refractivity contribution >= 4 is 17.3 Å². The maximum absolute atomic E-state index is 10.9. The molecule has 0 aromatic heterocycles. The summed E-state index contributed by atoms with van der Waals surface area (Å²) in [7, 11) is 0. The van der Waals surface area contributed by atoms with Crippen molar-refractivity contribution in [1.82, 2.24) is 0 Å². The first-order chi connectivity index (χ1) is 7.95. The first-order valence-electron chi connectivity index (χ1n) is 5.85. The number of anilines is 2. The predicted molar refractivity (Wildman–Crippen MR) is 70.4 cm³/mol. The van der Waals surface area contributed by atoms with Crippen LogP contribution in [0.5, 0.6) is 0 Å². The number of carbonyl (C=O) groups is 1. The summed E-state index contributed by atoms with van der Waals surface area (Å²) >= 11 is 0. The zero-order valence-corrected chi connectivity index (χ0v) is 10.5. The van der Waals surface area contributed by atoms with Gasteiger partial charge in [0, 0.05) is 17.4 Å². The number of rotatable bonds is 5. The van der Waals surface area contributed by atoms with Gasteiger partial charge in [0.1, 0.15) is 0 Å². The van der Waals surface area contributed by atoms with Crippen LogP contribution in [0.3, 0.4) is 0 Å². The van der Waals surface area contributed by atoms with Crippen LogP contribution in [0.25, 0.3) is 0 Å². The van der Waals surface area contributed by atoms with Crippen molar-refractivity contribution in [1.29, 1.82) is 0 Å². The fourth-order valence-electron chi connectivity index (χ4n) is 1.59. The second-order valence-corrected chi connectivity index (χ2v) is 4.43. The lowest BCUT2D eigenvalue weighted by molar-refractivity contribution is 0.0698. The predicted octanol–water partition coefficient (Wildman–Crippen LogP) is 2.81. The molecule has 0 bridgehead atoms. The molecule has 0 aliphatic carbocycles. The highest BCUT2D eigenvalue weighted by Gasteiger charge is 2.12. The zero-order chi connectivity index (χ0) is 13.0. The lowest BCUT2D eigenvalue weighted by atomic mass is 10.0. The summed E-state index contributed by atoms with van der Waals surface area (Å²) in [6.07, 6.45) is 1.08. The molecule has 1 aromatic carbocycles. The van der Waals surface area contributed by atoms with Crippen molar-refractivity contribution in [2.75, 3.05) is 11.1 Å². The summed E-state index contributed by atoms with van der Waals surface area (Å²) in [6, 6.07) is 5.30. The molecule has 0 radical (unpaired) electrons. The van der Waals surface area contributed by atoms with Crippen molar-refractivity contribution in [2.24, 2.45) is 5.92 Å². The highest BCUT2D eigenvalue weighted by atomic mass is 16.4. The minimum atomic E-state index is -0.998. The normalized spacial score (nSPS) is 14.1. The first-order valence-corrected chi connectivity index (χ1v) is 5.85. The molecule has 4 heteroatoms. The van der Waals surface area contributed by atoms with E-state index in [-0.39, 0.29) is 5.56 Å². The molecule has 0 saturated carbocycles. The smallest absolute Gasteiger partial charge is 0.337 e. The molecule has 94 valence electrons. The second-order valence-electron chi connectivity index (χ2n) is 4.43. The van der Waals surface area contributed by atoms with Crippen molar-refractivity contribution in [3.05, 3.63) is 23.8 Å². The maximum Gasteiger partial charge on any atom is 0.337 e. The van der Waals surface area contributed by atoms with Gasteiger partial charge in [-0.3, -0.25) is 0 Å². The highest BCUT2D eigenvalue weighted by molar-refractivity contribution is 5.94. The van der Waals surface area contributed by atoms with Gasteiger partial charge in [0.05, 0.1) is 5.56 Å². The van der Waals surface area contributed by atoms with E-state index in [9.17, 15) is 4.79 Å². The summed E-state index contributed by atoms with van der Waals surface area (Å²) in [5.41, 5.74) is 6.83. The molecule has 0 amide bonds. The lowest BCUT2D eigenvalue weighted by Crippen LogP contribution is -2.23. The number of carboxylic acid groups (broad SMARTS) is 1. The Hall–Kier alpha value is -1.71. The number of nitrogens with two attached hydrogens (primary N) is 1. The van der Waals surface area contributed by atoms with Gasteiger partial charge in [-0.15, -0.1) is 0 Å². The van der Waals surface area contributed by atoms with Crippen LogP contribution in [-0.2, 0) is 0 Å². The van der Waals surface area contributed by atoms with Crippen LogP contribution >= 0.6 is 0 Å². The van der Waals surface area contributed by atoms with Crippen molar-refractivity contribution < 1.29 is 9.90 Å². The Bertz CT molecular complexity index is 404. The molecule has 17 heavy (non-hydrogen) atoms. The molecule has 1 aromatic rings. The molecular weight excluding hydrogens is 216 g/mol. The third kappa shape index (κ3) is 3.37. The van der Waals surface area contributed by atoms with Crippen LogP contribution in [0.1, 0.15) is 37.6 Å². The Morgan fingerprint density at radius 1 is 1.47 bits per heavy atom. The van der Waals surface area contributed by atoms with E-state index in [0.29, 0.717) is 17.6 Å². The van der Waals surface area contributed by atoms with E-state index in [1.54, 1.807) is 18.2 Å². The zero-order valence-electron chi connectivity index (χ0n) is 10.5. The van der Waals surface area contributed by atoms with E-state index in [1.165, 1.54) is 0 Å². The fraction of sp³-hybridized carbons (Fsp3) is 0.462. The molecule has 2 unspecified atom stereocenters. The first kappa shape index (κ1) is 13.4. The Balaban J connectivity index is 2.86. The summed E-state index contributed by atoms with van der Waals surface area (Å²) in [4.78, 5) is 10.9. The molecule has 0 fully saturated rings. The van der Waals surface area contributed by atoms with Crippen LogP contribution in [0.2, 0.25) is 0 Å². The van der Waals surface area contributed by atoms with E-state index in [4.69, 9.17) is 10.8 Å². The van der Waals surface area contributed by atoms with Gasteiger partial charge < -0.3 is 16.2 Å². The Kier molecular flexibility index (Phi) is 4.37. The average Bonchev–Trinajstić information content (AvgIpc) is 2.30. The molecule has 0 spiro atoms. The van der Waals surface area contributed by atoms with Crippen LogP contribution in [0.4, 0.5) is 11.4 Å². The fourth-order valence-corrected chi connectivity index (χ4v) is 1.59. The molecule has 1 rings (SSSR count). The minimum absolute atomic E-state index is 0.145. The van der Waals surface area contributed by atoms with E-state index >= 15 is 0 Å². The number of nitrogens with one attached hydrogen (secondary N) is 1. The van der Waals surface area contributed by atoms with E-state index in [0.717, 1.165) is 12.1 Å². The molecule has 0 aliphatic heterocycles. The second kappa shape index (κ2) is 5.57. The van der Waals surface area contributed by atoms with Gasteiger partial charge in [0.15, 0.2) is 0 Å². The van der Waals surface area contributed by atoms with E-state index in [1.807, 2.05) is 0 Å². The summed E-state index contributed by atoms with van der Waals surface area (Å²) in [5, 5.41) is 12.3. The maximum atomic E-state index is 10.9. The topological polar surface area (TPSA) is 75.3 Å². The van der Waals surface area contributed by atoms with Crippen molar-refractivity contribution in [3.63, 3.8) is 0 Å². The largest absolute Gasteiger partial charge is 0.478 e. The van der Waals surface area contributed by atoms with Gasteiger partial charge in [-0.2, -0.15) is 0 Å². The van der Waals surface area contributed by atoms with E-state index < -0.39 is 5.97 Å². The molecule has 4 nitrogen and oxygen atoms in total. The van der Waals surface area contributed by atoms with Crippen LogP contribution in [0, 0.1) is 5.92 Å². The van der Waals surface area contributed by atoms with Gasteiger partial charge in [-0.1, -0.05) is 20.3 Å². The van der Waals surface area contributed by atoms with Crippen LogP contribution in [0.15, 0.2) is 18.2 Å². The third-order valence-corrected chi connectivity index (χ3v) is 3.18. The summed E-state index contributed by atoms with van der Waals surface area (Å²) < 4.78 is 0. The van der Waals surface area contributed by atoms with E-state index in [2.05, 4.69) is 26.1 Å². The standard InChI is InChI=1S/C13H20N2O2/c1-4-8(2)9(3)15-10-5-6-12(14)11(7-10)13(16)17/h5-9,15H,4,14H2,1-3H3,(H,16,17). The van der Waals surface area contributed by atoms with Gasteiger partial charge in [0.2, 0.25) is 0 Å². The number of nitrogen functional groups attached to an aromatic ring is 1. The number of benzene rings is 1. The molecule has 4 N–H and O–H groups in total. The van der Waals surface area contributed by atoms with Crippen LogP contribution < -0.4 is 11.1 Å². The molecule has 0 saturated heterocycles. The van der Waals surface area contributed by atoms with Crippen molar-refractivity contribution in [3.8, 4) is 0 Å². The SMILES string of the molecule is CCC(C)C(C)Nc1ccc(N)c(C(=O)O)c1. The minimum Gasteiger partial charge on any atom is -0.478 e. The number of hydrogen-bond acceptors (Lipinski definition) is 3. The molecule has 0 aliphatic rings.